The monoisotopic (exact) mass is 397 g/mol. The van der Waals surface area contributed by atoms with E-state index in [4.69, 9.17) is 23.2 Å². The van der Waals surface area contributed by atoms with Crippen LogP contribution in [0.4, 0.5) is 0 Å². The lowest BCUT2D eigenvalue weighted by molar-refractivity contribution is -0.896. The summed E-state index contributed by atoms with van der Waals surface area (Å²) in [4.78, 5) is 25.8. The van der Waals surface area contributed by atoms with Gasteiger partial charge in [0.05, 0.1) is 36.5 Å². The van der Waals surface area contributed by atoms with Gasteiger partial charge in [-0.15, -0.1) is 0 Å². The van der Waals surface area contributed by atoms with E-state index >= 15 is 0 Å². The first-order valence-corrected chi connectivity index (χ1v) is 9.39. The molecule has 1 heterocycles. The first-order valence-electron chi connectivity index (χ1n) is 8.63. The molecule has 0 bridgehead atoms. The summed E-state index contributed by atoms with van der Waals surface area (Å²) in [7, 11) is 0. The van der Waals surface area contributed by atoms with Crippen molar-refractivity contribution in [3.63, 3.8) is 0 Å². The second-order valence-corrected chi connectivity index (χ2v) is 6.67. The van der Waals surface area contributed by atoms with E-state index in [2.05, 4.69) is 24.3 Å². The number of nitrogens with zero attached hydrogens (tertiary/aromatic N) is 2. The summed E-state index contributed by atoms with van der Waals surface area (Å²) in [5.41, 5.74) is 0.530. The van der Waals surface area contributed by atoms with Crippen LogP contribution < -0.4 is 15.8 Å². The Morgan fingerprint density at radius 2 is 1.85 bits per heavy atom. The van der Waals surface area contributed by atoms with Crippen molar-refractivity contribution in [2.45, 2.75) is 20.3 Å². The molecule has 0 aliphatic carbocycles. The summed E-state index contributed by atoms with van der Waals surface area (Å²) < 4.78 is 1.14. The molecule has 0 radical (unpaired) electrons. The molecule has 0 aliphatic rings. The highest BCUT2D eigenvalue weighted by molar-refractivity contribution is 6.41. The second-order valence-electron chi connectivity index (χ2n) is 5.89. The van der Waals surface area contributed by atoms with Gasteiger partial charge in [0, 0.05) is 18.5 Å². The van der Waals surface area contributed by atoms with Crippen molar-refractivity contribution in [2.24, 2.45) is 0 Å². The molecule has 2 N–H and O–H groups in total. The van der Waals surface area contributed by atoms with E-state index in [-0.39, 0.29) is 16.0 Å². The van der Waals surface area contributed by atoms with Crippen LogP contribution >= 0.6 is 23.2 Å². The van der Waals surface area contributed by atoms with Crippen LogP contribution in [-0.2, 0) is 0 Å². The van der Waals surface area contributed by atoms with E-state index in [1.165, 1.54) is 11.1 Å². The molecule has 1 aromatic carbocycles. The average Bonchev–Trinajstić information content (AvgIpc) is 2.66. The number of amides is 1. The van der Waals surface area contributed by atoms with Crippen LogP contribution in [0, 0.1) is 0 Å². The van der Waals surface area contributed by atoms with Gasteiger partial charge in [0.2, 0.25) is 0 Å². The van der Waals surface area contributed by atoms with Crippen LogP contribution in [0.5, 0.6) is 0 Å². The minimum absolute atomic E-state index is 0.0844. The predicted molar refractivity (Wildman–Crippen MR) is 104 cm³/mol. The minimum atomic E-state index is -0.504. The van der Waals surface area contributed by atoms with Crippen LogP contribution in [0.25, 0.3) is 5.69 Å². The van der Waals surface area contributed by atoms with Gasteiger partial charge in [0.25, 0.3) is 11.5 Å². The van der Waals surface area contributed by atoms with E-state index in [1.807, 2.05) is 0 Å². The highest BCUT2D eigenvalue weighted by Crippen LogP contribution is 2.16. The molecule has 0 aliphatic heterocycles. The Kier molecular flexibility index (Phi) is 7.63. The number of quaternary nitrogens is 1. The fourth-order valence-electron chi connectivity index (χ4n) is 2.60. The molecule has 0 spiro atoms. The van der Waals surface area contributed by atoms with Gasteiger partial charge in [-0.25, -0.2) is 0 Å². The molecular formula is C18H23Cl2N4O2+. The summed E-state index contributed by atoms with van der Waals surface area (Å²) in [6.45, 7) is 8.18. The molecular weight excluding hydrogens is 375 g/mol. The molecule has 0 saturated carbocycles. The number of hydrogen-bond donors (Lipinski definition) is 2. The Morgan fingerprint density at radius 3 is 2.46 bits per heavy atom. The molecule has 0 atom stereocenters. The summed E-state index contributed by atoms with van der Waals surface area (Å²) >= 11 is 11.6. The second kappa shape index (κ2) is 9.71. The average molecular weight is 398 g/mol. The van der Waals surface area contributed by atoms with E-state index < -0.39 is 5.56 Å². The highest BCUT2D eigenvalue weighted by Gasteiger charge is 2.11. The molecule has 0 saturated heterocycles. The molecule has 8 heteroatoms. The molecule has 1 aromatic heterocycles. The standard InChI is InChI=1S/C18H22Cl2N4O2/c1-3-23(4-2)11-5-10-21-17(25)13-6-8-14(9-7-13)24-18(26)16(20)15(19)12-22-24/h6-9,12H,3-5,10-11H2,1-2H3,(H,21,25)/p+1. The lowest BCUT2D eigenvalue weighted by Gasteiger charge is -2.15. The summed E-state index contributed by atoms with van der Waals surface area (Å²) in [5.74, 6) is -0.138. The fraction of sp³-hybridized carbons (Fsp3) is 0.389. The van der Waals surface area contributed by atoms with Gasteiger partial charge in [-0.05, 0) is 38.1 Å². The first kappa shape index (κ1) is 20.4. The third-order valence-corrected chi connectivity index (χ3v) is 4.99. The quantitative estimate of drug-likeness (QED) is 0.664. The summed E-state index contributed by atoms with van der Waals surface area (Å²) in [6, 6.07) is 6.59. The number of nitrogens with one attached hydrogen (secondary N) is 2. The van der Waals surface area contributed by atoms with Crippen molar-refractivity contribution < 1.29 is 9.69 Å². The van der Waals surface area contributed by atoms with E-state index in [1.54, 1.807) is 24.3 Å². The van der Waals surface area contributed by atoms with Gasteiger partial charge in [0.1, 0.15) is 5.02 Å². The Morgan fingerprint density at radius 1 is 1.19 bits per heavy atom. The first-order chi connectivity index (χ1) is 12.5. The largest absolute Gasteiger partial charge is 0.352 e. The zero-order valence-electron chi connectivity index (χ0n) is 14.9. The number of carbonyl (C=O) groups excluding carboxylic acids is 1. The molecule has 6 nitrogen and oxygen atoms in total. The topological polar surface area (TPSA) is 68.4 Å². The number of carbonyl (C=O) groups is 1. The van der Waals surface area contributed by atoms with E-state index in [9.17, 15) is 9.59 Å². The SMILES string of the molecule is CC[NH+](CC)CCCNC(=O)c1ccc(-n2ncc(Cl)c(Cl)c2=O)cc1. The van der Waals surface area contributed by atoms with Gasteiger partial charge >= 0.3 is 0 Å². The fourth-order valence-corrected chi connectivity index (χ4v) is 2.85. The third kappa shape index (κ3) is 5.06. The molecule has 2 aromatic rings. The number of halogens is 2. The van der Waals surface area contributed by atoms with Gasteiger partial charge in [0.15, 0.2) is 0 Å². The zero-order chi connectivity index (χ0) is 19.1. The van der Waals surface area contributed by atoms with Crippen LogP contribution in [0.3, 0.4) is 0 Å². The van der Waals surface area contributed by atoms with Crippen molar-refractivity contribution in [1.29, 1.82) is 0 Å². The molecule has 1 amide bonds. The van der Waals surface area contributed by atoms with Crippen LogP contribution in [-0.4, -0.2) is 41.9 Å². The zero-order valence-corrected chi connectivity index (χ0v) is 16.4. The van der Waals surface area contributed by atoms with Gasteiger partial charge in [-0.1, -0.05) is 23.2 Å². The van der Waals surface area contributed by atoms with Crippen molar-refractivity contribution in [3.8, 4) is 5.69 Å². The lowest BCUT2D eigenvalue weighted by atomic mass is 10.2. The Labute approximate surface area is 162 Å². The Bertz CT molecular complexity index is 802. The normalized spacial score (nSPS) is 11.0. The molecule has 0 fully saturated rings. The van der Waals surface area contributed by atoms with E-state index in [0.717, 1.165) is 30.7 Å². The lowest BCUT2D eigenvalue weighted by Crippen LogP contribution is -3.11. The highest BCUT2D eigenvalue weighted by atomic mass is 35.5. The van der Waals surface area contributed by atoms with Crippen LogP contribution in [0.1, 0.15) is 30.6 Å². The number of aromatic nitrogens is 2. The van der Waals surface area contributed by atoms with Crippen molar-refractivity contribution in [1.82, 2.24) is 15.1 Å². The van der Waals surface area contributed by atoms with E-state index in [0.29, 0.717) is 17.8 Å². The maximum Gasteiger partial charge on any atom is 0.291 e. The number of hydrogen-bond acceptors (Lipinski definition) is 3. The van der Waals surface area contributed by atoms with Gasteiger partial charge in [-0.3, -0.25) is 9.59 Å². The Balaban J connectivity index is 1.98. The molecule has 140 valence electrons. The molecule has 26 heavy (non-hydrogen) atoms. The van der Waals surface area contributed by atoms with Crippen LogP contribution in [0.2, 0.25) is 10.0 Å². The smallest absolute Gasteiger partial charge is 0.291 e. The van der Waals surface area contributed by atoms with Crippen LogP contribution in [0.15, 0.2) is 35.3 Å². The Hall–Kier alpha value is -1.89. The number of rotatable bonds is 8. The van der Waals surface area contributed by atoms with Crippen molar-refractivity contribution in [2.75, 3.05) is 26.2 Å². The maximum absolute atomic E-state index is 12.2. The minimum Gasteiger partial charge on any atom is -0.352 e. The van der Waals surface area contributed by atoms with Gasteiger partial charge < -0.3 is 10.2 Å². The predicted octanol–water partition coefficient (Wildman–Crippen LogP) is 1.58. The maximum atomic E-state index is 12.2. The van der Waals surface area contributed by atoms with Gasteiger partial charge in [-0.2, -0.15) is 9.78 Å². The summed E-state index contributed by atoms with van der Waals surface area (Å²) in [6.07, 6.45) is 2.24. The van der Waals surface area contributed by atoms with Crippen molar-refractivity contribution >= 4 is 29.1 Å². The van der Waals surface area contributed by atoms with Crippen molar-refractivity contribution in [3.05, 3.63) is 56.4 Å². The number of benzene rings is 1. The third-order valence-electron chi connectivity index (χ3n) is 4.24. The summed E-state index contributed by atoms with van der Waals surface area (Å²) in [5, 5.41) is 6.90. The molecule has 0 unspecified atom stereocenters. The molecule has 2 rings (SSSR count).